The molecule has 1 aromatic heterocycles. The Labute approximate surface area is 174 Å². The number of ether oxygens (including phenoxy) is 1. The number of hydrogen-bond donors (Lipinski definition) is 1. The van der Waals surface area contributed by atoms with E-state index in [1.54, 1.807) is 18.2 Å². The highest BCUT2D eigenvalue weighted by Crippen LogP contribution is 2.45. The van der Waals surface area contributed by atoms with E-state index in [-0.39, 0.29) is 23.9 Å². The monoisotopic (exact) mass is 404 g/mol. The summed E-state index contributed by atoms with van der Waals surface area (Å²) in [6.07, 6.45) is 4.94. The van der Waals surface area contributed by atoms with E-state index in [9.17, 15) is 9.18 Å². The number of ketones is 1. The molecule has 2 N–H and O–H groups in total. The van der Waals surface area contributed by atoms with Crippen LogP contribution in [0.25, 0.3) is 4.85 Å². The Morgan fingerprint density at radius 2 is 2.10 bits per heavy atom. The standard InChI is InChI=1S/C23H21FN4O2/c1-23(16-5-3-4-6-21(16)30-22(25)28-23)17-11-14(7-9-18(17)24)12-20(29)19-10-8-15(26-2)13-27-19/h7-11,13H,3-6,12H2,1H3,(H2,25,28)/t23-/m0/s1. The SMILES string of the molecule is [C-]#[N+]c1ccc(C(=O)Cc2ccc(F)c([C@@]3(C)N=C(N)OC4=C3CCCC4)c2)nc1. The van der Waals surface area contributed by atoms with Crippen molar-refractivity contribution in [3.63, 3.8) is 0 Å². The third-order valence-electron chi connectivity index (χ3n) is 5.65. The van der Waals surface area contributed by atoms with Gasteiger partial charge in [-0.15, -0.1) is 0 Å². The summed E-state index contributed by atoms with van der Waals surface area (Å²) in [4.78, 5) is 24.4. The summed E-state index contributed by atoms with van der Waals surface area (Å²) < 4.78 is 20.6. The number of halogens is 1. The van der Waals surface area contributed by atoms with Crippen molar-refractivity contribution >= 4 is 17.5 Å². The van der Waals surface area contributed by atoms with Crippen molar-refractivity contribution < 1.29 is 13.9 Å². The Morgan fingerprint density at radius 3 is 2.83 bits per heavy atom. The van der Waals surface area contributed by atoms with Crippen molar-refractivity contribution in [2.45, 2.75) is 44.6 Å². The first-order valence-electron chi connectivity index (χ1n) is 9.82. The van der Waals surface area contributed by atoms with E-state index in [0.717, 1.165) is 37.0 Å². The van der Waals surface area contributed by atoms with Gasteiger partial charge in [-0.05, 0) is 49.9 Å². The molecule has 0 fully saturated rings. The molecule has 0 saturated carbocycles. The van der Waals surface area contributed by atoms with Gasteiger partial charge in [0.25, 0.3) is 6.02 Å². The molecule has 0 spiro atoms. The first-order chi connectivity index (χ1) is 14.4. The van der Waals surface area contributed by atoms with Crippen molar-refractivity contribution in [2.75, 3.05) is 0 Å². The van der Waals surface area contributed by atoms with Crippen molar-refractivity contribution in [3.05, 3.63) is 81.9 Å². The molecule has 1 atom stereocenters. The Hall–Kier alpha value is -3.53. The molecule has 2 aromatic rings. The molecule has 1 aliphatic carbocycles. The first kappa shape index (κ1) is 19.8. The molecule has 2 heterocycles. The summed E-state index contributed by atoms with van der Waals surface area (Å²) in [6.45, 7) is 8.82. The fourth-order valence-electron chi connectivity index (χ4n) is 4.11. The lowest BCUT2D eigenvalue weighted by molar-refractivity contribution is 0.0988. The minimum atomic E-state index is -0.962. The Kier molecular flexibility index (Phi) is 5.08. The van der Waals surface area contributed by atoms with Gasteiger partial charge in [0, 0.05) is 30.2 Å². The van der Waals surface area contributed by atoms with Crippen LogP contribution in [0.3, 0.4) is 0 Å². The lowest BCUT2D eigenvalue weighted by Gasteiger charge is -2.37. The van der Waals surface area contributed by atoms with Crippen LogP contribution >= 0.6 is 0 Å². The number of pyridine rings is 1. The molecular weight excluding hydrogens is 383 g/mol. The zero-order chi connectivity index (χ0) is 21.3. The summed E-state index contributed by atoms with van der Waals surface area (Å²) in [6, 6.07) is 7.76. The Morgan fingerprint density at radius 1 is 1.30 bits per heavy atom. The Bertz CT molecular complexity index is 1120. The van der Waals surface area contributed by atoms with Crippen molar-refractivity contribution in [1.82, 2.24) is 4.98 Å². The zero-order valence-corrected chi connectivity index (χ0v) is 16.6. The quantitative estimate of drug-likeness (QED) is 0.597. The molecule has 1 aliphatic heterocycles. The van der Waals surface area contributed by atoms with Gasteiger partial charge in [0.2, 0.25) is 5.69 Å². The van der Waals surface area contributed by atoms with E-state index in [0.29, 0.717) is 16.8 Å². The Balaban J connectivity index is 1.68. The number of benzene rings is 1. The summed E-state index contributed by atoms with van der Waals surface area (Å²) >= 11 is 0. The van der Waals surface area contributed by atoms with Gasteiger partial charge in [0.05, 0.1) is 6.57 Å². The fraction of sp³-hybridized carbons (Fsp3) is 0.304. The third-order valence-corrected chi connectivity index (χ3v) is 5.65. The van der Waals surface area contributed by atoms with Gasteiger partial charge in [-0.25, -0.2) is 14.2 Å². The molecule has 6 nitrogen and oxygen atoms in total. The maximum atomic E-state index is 14.9. The van der Waals surface area contributed by atoms with E-state index in [1.807, 2.05) is 6.92 Å². The minimum absolute atomic E-state index is 0.0307. The number of rotatable bonds is 4. The van der Waals surface area contributed by atoms with Crippen LogP contribution in [0.4, 0.5) is 10.1 Å². The average molecular weight is 404 g/mol. The van der Waals surface area contributed by atoms with Crippen LogP contribution < -0.4 is 5.73 Å². The molecule has 4 rings (SSSR count). The number of carbonyl (C=O) groups is 1. The summed E-state index contributed by atoms with van der Waals surface area (Å²) in [7, 11) is 0. The predicted octanol–water partition coefficient (Wildman–Crippen LogP) is 4.59. The number of aliphatic imine (C=N–C) groups is 1. The van der Waals surface area contributed by atoms with Crippen molar-refractivity contribution in [1.29, 1.82) is 0 Å². The van der Waals surface area contributed by atoms with E-state index in [4.69, 9.17) is 17.0 Å². The van der Waals surface area contributed by atoms with Crippen LogP contribution in [0.5, 0.6) is 0 Å². The molecule has 1 aromatic carbocycles. The molecule has 0 radical (unpaired) electrons. The highest BCUT2D eigenvalue weighted by Gasteiger charge is 2.40. The van der Waals surface area contributed by atoms with Gasteiger partial charge in [-0.1, -0.05) is 12.1 Å². The number of allylic oxidation sites excluding steroid dienone is 1. The van der Waals surface area contributed by atoms with Gasteiger partial charge in [-0.2, -0.15) is 0 Å². The largest absolute Gasteiger partial charge is 0.431 e. The predicted molar refractivity (Wildman–Crippen MR) is 110 cm³/mol. The second-order valence-electron chi connectivity index (χ2n) is 7.66. The molecule has 2 aliphatic rings. The normalized spacial score (nSPS) is 20.6. The van der Waals surface area contributed by atoms with Crippen LogP contribution in [0, 0.1) is 12.4 Å². The van der Waals surface area contributed by atoms with E-state index in [1.165, 1.54) is 18.3 Å². The topological polar surface area (TPSA) is 81.9 Å². The van der Waals surface area contributed by atoms with Crippen molar-refractivity contribution in [2.24, 2.45) is 10.7 Å². The maximum Gasteiger partial charge on any atom is 0.288 e. The second kappa shape index (κ2) is 7.71. The molecule has 0 unspecified atom stereocenters. The molecule has 0 bridgehead atoms. The van der Waals surface area contributed by atoms with Crippen LogP contribution in [0.2, 0.25) is 0 Å². The van der Waals surface area contributed by atoms with Crippen LogP contribution in [-0.4, -0.2) is 16.8 Å². The van der Waals surface area contributed by atoms with E-state index in [2.05, 4.69) is 14.8 Å². The van der Waals surface area contributed by atoms with Gasteiger partial charge in [-0.3, -0.25) is 9.78 Å². The van der Waals surface area contributed by atoms with E-state index >= 15 is 0 Å². The number of nitrogens with two attached hydrogens (primary N) is 1. The second-order valence-corrected chi connectivity index (χ2v) is 7.66. The number of Topliss-reactive ketones (excluding diaryl/α,β-unsaturated/α-hetero) is 1. The summed E-state index contributed by atoms with van der Waals surface area (Å²) in [5.74, 6) is 0.173. The molecule has 7 heteroatoms. The van der Waals surface area contributed by atoms with Crippen molar-refractivity contribution in [3.8, 4) is 0 Å². The first-order valence-corrected chi connectivity index (χ1v) is 9.82. The molecule has 152 valence electrons. The number of hydrogen-bond acceptors (Lipinski definition) is 5. The average Bonchev–Trinajstić information content (AvgIpc) is 2.75. The highest BCUT2D eigenvalue weighted by atomic mass is 19.1. The molecule has 0 saturated heterocycles. The number of amidine groups is 1. The summed E-state index contributed by atoms with van der Waals surface area (Å²) in [5, 5.41) is 0. The smallest absolute Gasteiger partial charge is 0.288 e. The lowest BCUT2D eigenvalue weighted by atomic mass is 9.77. The van der Waals surface area contributed by atoms with Gasteiger partial charge < -0.3 is 10.5 Å². The maximum absolute atomic E-state index is 14.9. The summed E-state index contributed by atoms with van der Waals surface area (Å²) in [5.41, 5.74) is 7.57. The van der Waals surface area contributed by atoms with Crippen LogP contribution in [-0.2, 0) is 16.7 Å². The number of carbonyl (C=O) groups excluding carboxylic acids is 1. The third kappa shape index (κ3) is 3.57. The van der Waals surface area contributed by atoms with Gasteiger partial charge >= 0.3 is 0 Å². The van der Waals surface area contributed by atoms with E-state index < -0.39 is 11.4 Å². The molecule has 0 amide bonds. The number of aromatic nitrogens is 1. The lowest BCUT2D eigenvalue weighted by Crippen LogP contribution is -2.36. The van der Waals surface area contributed by atoms with Crippen LogP contribution in [0.15, 0.2) is 52.9 Å². The molecular formula is C23H21FN4O2. The molecule has 30 heavy (non-hydrogen) atoms. The van der Waals surface area contributed by atoms with Gasteiger partial charge in [0.1, 0.15) is 22.8 Å². The fourth-order valence-corrected chi connectivity index (χ4v) is 4.11. The minimum Gasteiger partial charge on any atom is -0.431 e. The zero-order valence-electron chi connectivity index (χ0n) is 16.6. The highest BCUT2D eigenvalue weighted by molar-refractivity contribution is 5.96. The van der Waals surface area contributed by atoms with Crippen LogP contribution in [0.1, 0.15) is 54.2 Å². The van der Waals surface area contributed by atoms with Gasteiger partial charge in [0.15, 0.2) is 5.78 Å². The number of nitrogens with zero attached hydrogens (tertiary/aromatic N) is 3.